The minimum atomic E-state index is -0.163. The van der Waals surface area contributed by atoms with Crippen LogP contribution in [0.1, 0.15) is 44.6 Å². The smallest absolute Gasteiger partial charge is 0.322 e. The van der Waals surface area contributed by atoms with Crippen molar-refractivity contribution in [1.82, 2.24) is 10.6 Å². The number of nitrogens with zero attached hydrogens (tertiary/aromatic N) is 1. The summed E-state index contributed by atoms with van der Waals surface area (Å²) >= 11 is 0. The van der Waals surface area contributed by atoms with Crippen LogP contribution in [0.4, 0.5) is 0 Å². The normalized spacial score (nSPS) is 26.5. The van der Waals surface area contributed by atoms with E-state index in [0.29, 0.717) is 12.5 Å². The Morgan fingerprint density at radius 3 is 2.38 bits per heavy atom. The highest BCUT2D eigenvalue weighted by Crippen LogP contribution is 2.17. The number of nitriles is 1. The number of hydrogen-bond acceptors (Lipinski definition) is 6. The van der Waals surface area contributed by atoms with Crippen molar-refractivity contribution in [1.29, 1.82) is 5.26 Å². The van der Waals surface area contributed by atoms with Gasteiger partial charge < -0.3 is 20.1 Å². The first-order valence-electron chi connectivity index (χ1n) is 10.7. The third-order valence-corrected chi connectivity index (χ3v) is 5.72. The molecule has 0 aromatic heterocycles. The molecule has 6 nitrogen and oxygen atoms in total. The first kappa shape index (κ1) is 23.3. The van der Waals surface area contributed by atoms with E-state index in [1.807, 2.05) is 18.2 Å². The molecule has 2 aliphatic rings. The van der Waals surface area contributed by atoms with Crippen molar-refractivity contribution in [2.75, 3.05) is 26.8 Å². The van der Waals surface area contributed by atoms with Gasteiger partial charge in [0.1, 0.15) is 6.04 Å². The molecule has 29 heavy (non-hydrogen) atoms. The van der Waals surface area contributed by atoms with Crippen LogP contribution in [0.3, 0.4) is 0 Å². The molecule has 4 atom stereocenters. The van der Waals surface area contributed by atoms with Crippen LogP contribution in [0.2, 0.25) is 0 Å². The van der Waals surface area contributed by atoms with Crippen molar-refractivity contribution in [2.24, 2.45) is 11.8 Å². The van der Waals surface area contributed by atoms with Crippen LogP contribution >= 0.6 is 0 Å². The van der Waals surface area contributed by atoms with Gasteiger partial charge in [-0.25, -0.2) is 0 Å². The molecule has 0 bridgehead atoms. The second kappa shape index (κ2) is 13.3. The summed E-state index contributed by atoms with van der Waals surface area (Å²) in [7, 11) is 1.43. The first-order valence-corrected chi connectivity index (χ1v) is 10.7. The minimum Gasteiger partial charge on any atom is -0.468 e. The van der Waals surface area contributed by atoms with Gasteiger partial charge in [0.05, 0.1) is 32.4 Å². The summed E-state index contributed by atoms with van der Waals surface area (Å²) in [5, 5.41) is 15.0. The average molecular weight is 402 g/mol. The van der Waals surface area contributed by atoms with Crippen molar-refractivity contribution in [2.45, 2.75) is 57.7 Å². The second-order valence-corrected chi connectivity index (χ2v) is 7.87. The fourth-order valence-corrected chi connectivity index (χ4v) is 3.69. The number of benzene rings is 1. The van der Waals surface area contributed by atoms with Crippen LogP contribution < -0.4 is 10.6 Å². The molecule has 2 heterocycles. The van der Waals surface area contributed by atoms with E-state index in [0.717, 1.165) is 44.9 Å². The summed E-state index contributed by atoms with van der Waals surface area (Å²) < 4.78 is 10.5. The number of methoxy groups -OCH3 is 1. The zero-order valence-corrected chi connectivity index (χ0v) is 17.7. The molecule has 6 heteroatoms. The third-order valence-electron chi connectivity index (χ3n) is 5.72. The summed E-state index contributed by atoms with van der Waals surface area (Å²) in [4.78, 5) is 11.4. The summed E-state index contributed by atoms with van der Waals surface area (Å²) in [6, 6.07) is 12.4. The van der Waals surface area contributed by atoms with Gasteiger partial charge in [0.15, 0.2) is 0 Å². The molecule has 0 amide bonds. The van der Waals surface area contributed by atoms with Gasteiger partial charge in [-0.2, -0.15) is 5.26 Å². The Hall–Kier alpha value is -1.94. The van der Waals surface area contributed by atoms with Crippen LogP contribution in [0, 0.1) is 23.2 Å². The standard InChI is InChI=1S/C15H21NO3.C8H14N2/c1-18-15(17)14-8-7-13(9-16-14)11-19-10-12-5-3-2-4-6-12;1-2-7-3-4-8(5-9)10-6-7/h2-6,13-14,16H,7-11H2,1H3;7-8,10H,2-4,6H2,1H3/t13-,14+;7-,8+/m11/s1. The number of rotatable bonds is 6. The monoisotopic (exact) mass is 401 g/mol. The van der Waals surface area contributed by atoms with Crippen molar-refractivity contribution in [3.63, 3.8) is 0 Å². The van der Waals surface area contributed by atoms with Crippen molar-refractivity contribution in [3.8, 4) is 6.07 Å². The minimum absolute atomic E-state index is 0.128. The van der Waals surface area contributed by atoms with Gasteiger partial charge in [0.25, 0.3) is 0 Å². The highest BCUT2D eigenvalue weighted by atomic mass is 16.5. The highest BCUT2D eigenvalue weighted by Gasteiger charge is 2.26. The Kier molecular flexibility index (Phi) is 10.7. The third kappa shape index (κ3) is 8.53. The van der Waals surface area contributed by atoms with Crippen LogP contribution in [-0.2, 0) is 20.9 Å². The molecule has 1 aromatic rings. The molecule has 160 valence electrons. The Labute approximate surface area is 175 Å². The van der Waals surface area contributed by atoms with Gasteiger partial charge in [0, 0.05) is 6.54 Å². The van der Waals surface area contributed by atoms with E-state index < -0.39 is 0 Å². The molecular weight excluding hydrogens is 366 g/mol. The molecule has 2 aliphatic heterocycles. The molecule has 1 aromatic carbocycles. The molecular formula is C23H35N3O3. The van der Waals surface area contributed by atoms with Gasteiger partial charge in [-0.15, -0.1) is 0 Å². The first-order chi connectivity index (χ1) is 14.2. The number of piperidine rings is 2. The molecule has 2 N–H and O–H groups in total. The average Bonchev–Trinajstić information content (AvgIpc) is 2.80. The van der Waals surface area contributed by atoms with Crippen molar-refractivity contribution >= 4 is 5.97 Å². The molecule has 0 radical (unpaired) electrons. The van der Waals surface area contributed by atoms with Gasteiger partial charge in [0.2, 0.25) is 0 Å². The quantitative estimate of drug-likeness (QED) is 0.713. The molecule has 0 aliphatic carbocycles. The lowest BCUT2D eigenvalue weighted by Gasteiger charge is -2.28. The maximum Gasteiger partial charge on any atom is 0.322 e. The number of esters is 1. The maximum atomic E-state index is 11.4. The summed E-state index contributed by atoms with van der Waals surface area (Å²) in [5.41, 5.74) is 1.19. The lowest BCUT2D eigenvalue weighted by atomic mass is 9.93. The molecule has 2 saturated heterocycles. The molecule has 0 spiro atoms. The number of hydrogen-bond donors (Lipinski definition) is 2. The number of nitrogens with one attached hydrogen (secondary N) is 2. The predicted octanol–water partition coefficient (Wildman–Crippen LogP) is 3.03. The topological polar surface area (TPSA) is 83.4 Å². The van der Waals surface area contributed by atoms with E-state index in [4.69, 9.17) is 14.7 Å². The van der Waals surface area contributed by atoms with E-state index in [9.17, 15) is 4.79 Å². The lowest BCUT2D eigenvalue weighted by molar-refractivity contribution is -0.144. The number of ether oxygens (including phenoxy) is 2. The summed E-state index contributed by atoms with van der Waals surface area (Å²) in [6.45, 7) is 5.44. The van der Waals surface area contributed by atoms with Gasteiger partial charge in [-0.1, -0.05) is 43.7 Å². The molecule has 3 rings (SSSR count). The summed E-state index contributed by atoms with van der Waals surface area (Å²) in [6.07, 6.45) is 5.33. The van der Waals surface area contributed by atoms with E-state index in [2.05, 4.69) is 35.8 Å². The predicted molar refractivity (Wildman–Crippen MR) is 113 cm³/mol. The van der Waals surface area contributed by atoms with Gasteiger partial charge in [-0.3, -0.25) is 4.79 Å². The second-order valence-electron chi connectivity index (χ2n) is 7.87. The van der Waals surface area contributed by atoms with Gasteiger partial charge in [-0.05, 0) is 49.6 Å². The van der Waals surface area contributed by atoms with E-state index in [1.165, 1.54) is 25.5 Å². The molecule has 0 saturated carbocycles. The van der Waals surface area contributed by atoms with E-state index in [-0.39, 0.29) is 18.1 Å². The van der Waals surface area contributed by atoms with Crippen LogP contribution in [-0.4, -0.2) is 44.9 Å². The van der Waals surface area contributed by atoms with Crippen LogP contribution in [0.15, 0.2) is 30.3 Å². The molecule has 0 unspecified atom stereocenters. The largest absolute Gasteiger partial charge is 0.468 e. The van der Waals surface area contributed by atoms with Crippen LogP contribution in [0.5, 0.6) is 0 Å². The van der Waals surface area contributed by atoms with Crippen molar-refractivity contribution < 1.29 is 14.3 Å². The summed E-state index contributed by atoms with van der Waals surface area (Å²) in [5.74, 6) is 1.12. The zero-order chi connectivity index (χ0) is 20.9. The van der Waals surface area contributed by atoms with Crippen molar-refractivity contribution in [3.05, 3.63) is 35.9 Å². The SMILES string of the molecule is CC[C@@H]1CC[C@@H](C#N)NC1.COC(=O)[C@@H]1CC[C@@H](COCc2ccccc2)CN1. The van der Waals surface area contributed by atoms with E-state index in [1.54, 1.807) is 0 Å². The fourth-order valence-electron chi connectivity index (χ4n) is 3.69. The van der Waals surface area contributed by atoms with E-state index >= 15 is 0 Å². The Bertz CT molecular complexity index is 616. The number of carbonyl (C=O) groups is 1. The number of carbonyl (C=O) groups excluding carboxylic acids is 1. The zero-order valence-electron chi connectivity index (χ0n) is 17.7. The highest BCUT2D eigenvalue weighted by molar-refractivity contribution is 5.75. The fraction of sp³-hybridized carbons (Fsp3) is 0.652. The molecule has 2 fully saturated rings. The Morgan fingerprint density at radius 1 is 1.10 bits per heavy atom. The lowest BCUT2D eigenvalue weighted by Crippen LogP contribution is -2.45. The maximum absolute atomic E-state index is 11.4. The Morgan fingerprint density at radius 2 is 1.83 bits per heavy atom. The van der Waals surface area contributed by atoms with Crippen LogP contribution in [0.25, 0.3) is 0 Å². The Balaban J connectivity index is 0.000000253. The van der Waals surface area contributed by atoms with Gasteiger partial charge >= 0.3 is 5.97 Å².